The van der Waals surface area contributed by atoms with E-state index in [1.54, 1.807) is 11.0 Å². The first kappa shape index (κ1) is 19.1. The molecule has 0 saturated carbocycles. The predicted molar refractivity (Wildman–Crippen MR) is 109 cm³/mol. The van der Waals surface area contributed by atoms with Gasteiger partial charge in [-0.25, -0.2) is 4.39 Å². The van der Waals surface area contributed by atoms with Gasteiger partial charge in [-0.3, -0.25) is 0 Å². The van der Waals surface area contributed by atoms with E-state index in [0.29, 0.717) is 17.3 Å². The van der Waals surface area contributed by atoms with Gasteiger partial charge in [0, 0.05) is 17.8 Å². The summed E-state index contributed by atoms with van der Waals surface area (Å²) < 4.78 is 13.2. The van der Waals surface area contributed by atoms with E-state index in [1.165, 1.54) is 55.6 Å². The highest BCUT2D eigenvalue weighted by Gasteiger charge is 2.15. The van der Waals surface area contributed by atoms with E-state index in [2.05, 4.69) is 34.9 Å². The second-order valence-corrected chi connectivity index (χ2v) is 7.51. The monoisotopic (exact) mass is 392 g/mol. The van der Waals surface area contributed by atoms with Crippen LogP contribution in [0.2, 0.25) is 5.02 Å². The zero-order valence-electron chi connectivity index (χ0n) is 14.7. The third-order valence-electron chi connectivity index (χ3n) is 4.74. The molecule has 0 aliphatic carbocycles. The lowest BCUT2D eigenvalue weighted by molar-refractivity contribution is -0.918. The topological polar surface area (TPSA) is 28.5 Å². The minimum Gasteiger partial charge on any atom is -0.358 e. The van der Waals surface area contributed by atoms with Crippen LogP contribution in [0.5, 0.6) is 0 Å². The van der Waals surface area contributed by atoms with E-state index in [4.69, 9.17) is 23.8 Å². The molecule has 1 aliphatic heterocycles. The van der Waals surface area contributed by atoms with E-state index in [9.17, 15) is 4.39 Å². The number of rotatable bonds is 5. The minimum atomic E-state index is -0.440. The summed E-state index contributed by atoms with van der Waals surface area (Å²) in [5, 5.41) is 6.85. The Hall–Kier alpha value is -1.69. The van der Waals surface area contributed by atoms with Crippen LogP contribution in [0.15, 0.2) is 42.5 Å². The molecule has 0 unspecified atom stereocenters. The highest BCUT2D eigenvalue weighted by molar-refractivity contribution is 7.80. The van der Waals surface area contributed by atoms with Crippen LogP contribution in [0.25, 0.3) is 0 Å². The fraction of sp³-hybridized carbons (Fsp3) is 0.350. The first-order valence-corrected chi connectivity index (χ1v) is 9.81. The van der Waals surface area contributed by atoms with Crippen molar-refractivity contribution in [2.24, 2.45) is 0 Å². The number of halogens is 2. The Morgan fingerprint density at radius 1 is 1.08 bits per heavy atom. The van der Waals surface area contributed by atoms with Gasteiger partial charge >= 0.3 is 0 Å². The van der Waals surface area contributed by atoms with E-state index in [1.807, 2.05) is 0 Å². The Morgan fingerprint density at radius 2 is 1.81 bits per heavy atom. The molecule has 0 amide bonds. The third-order valence-corrected chi connectivity index (χ3v) is 5.27. The van der Waals surface area contributed by atoms with Gasteiger partial charge in [-0.05, 0) is 55.2 Å². The molecule has 1 fully saturated rings. The molecule has 0 radical (unpaired) electrons. The van der Waals surface area contributed by atoms with E-state index < -0.39 is 5.82 Å². The average molecular weight is 393 g/mol. The second kappa shape index (κ2) is 9.31. The van der Waals surface area contributed by atoms with Gasteiger partial charge in [-0.15, -0.1) is 0 Å². The van der Waals surface area contributed by atoms with Crippen molar-refractivity contribution in [1.29, 1.82) is 0 Å². The summed E-state index contributed by atoms with van der Waals surface area (Å²) >= 11 is 11.2. The van der Waals surface area contributed by atoms with Crippen LogP contribution in [-0.4, -0.2) is 18.2 Å². The standard InChI is InChI=1S/C20H23ClFN3S/c21-18-12-17(8-9-19(18)22)24-20(26)23-13-15-6-2-3-7-16(15)14-25-10-4-1-5-11-25/h2-3,6-9,12H,1,4-5,10-11,13-14H2,(H2,23,24,26)/p+1. The number of hydrogen-bond acceptors (Lipinski definition) is 1. The lowest BCUT2D eigenvalue weighted by Gasteiger charge is -2.24. The quantitative estimate of drug-likeness (QED) is 0.680. The molecule has 0 atom stereocenters. The molecular formula is C20H24ClFN3S+. The zero-order chi connectivity index (χ0) is 18.4. The van der Waals surface area contributed by atoms with Crippen molar-refractivity contribution in [3.8, 4) is 0 Å². The van der Waals surface area contributed by atoms with Crippen molar-refractivity contribution >= 4 is 34.6 Å². The molecular weight excluding hydrogens is 369 g/mol. The molecule has 138 valence electrons. The molecule has 2 aromatic rings. The molecule has 6 heteroatoms. The van der Waals surface area contributed by atoms with Crippen molar-refractivity contribution in [1.82, 2.24) is 5.32 Å². The predicted octanol–water partition coefficient (Wildman–Crippen LogP) is 3.53. The number of hydrogen-bond donors (Lipinski definition) is 3. The Bertz CT molecular complexity index is 762. The Morgan fingerprint density at radius 3 is 2.54 bits per heavy atom. The fourth-order valence-corrected chi connectivity index (χ4v) is 3.70. The van der Waals surface area contributed by atoms with Gasteiger partial charge in [0.15, 0.2) is 5.11 Å². The summed E-state index contributed by atoms with van der Waals surface area (Å²) in [6.07, 6.45) is 4.01. The molecule has 0 bridgehead atoms. The smallest absolute Gasteiger partial charge is 0.171 e. The highest BCUT2D eigenvalue weighted by Crippen LogP contribution is 2.19. The molecule has 0 spiro atoms. The minimum absolute atomic E-state index is 0.0765. The van der Waals surface area contributed by atoms with Crippen LogP contribution < -0.4 is 15.5 Å². The van der Waals surface area contributed by atoms with Crippen LogP contribution in [0.4, 0.5) is 10.1 Å². The third kappa shape index (κ3) is 5.40. The molecule has 1 heterocycles. The van der Waals surface area contributed by atoms with Gasteiger partial charge < -0.3 is 15.5 Å². The van der Waals surface area contributed by atoms with E-state index >= 15 is 0 Å². The average Bonchev–Trinajstić information content (AvgIpc) is 2.65. The van der Waals surface area contributed by atoms with Crippen LogP contribution >= 0.6 is 23.8 Å². The number of benzene rings is 2. The van der Waals surface area contributed by atoms with Gasteiger partial charge in [-0.2, -0.15) is 0 Å². The van der Waals surface area contributed by atoms with Crippen molar-refractivity contribution in [3.05, 3.63) is 64.4 Å². The maximum absolute atomic E-state index is 13.2. The van der Waals surface area contributed by atoms with Gasteiger partial charge in [0.2, 0.25) is 0 Å². The summed E-state index contributed by atoms with van der Waals surface area (Å²) in [5.74, 6) is -0.440. The molecule has 0 aromatic heterocycles. The van der Waals surface area contributed by atoms with Gasteiger partial charge in [0.1, 0.15) is 12.4 Å². The van der Waals surface area contributed by atoms with Crippen LogP contribution in [0.3, 0.4) is 0 Å². The van der Waals surface area contributed by atoms with Crippen molar-refractivity contribution in [2.75, 3.05) is 18.4 Å². The number of piperidine rings is 1. The number of likely N-dealkylation sites (tertiary alicyclic amines) is 1. The van der Waals surface area contributed by atoms with Gasteiger partial charge in [0.25, 0.3) is 0 Å². The van der Waals surface area contributed by atoms with Crippen molar-refractivity contribution in [2.45, 2.75) is 32.4 Å². The van der Waals surface area contributed by atoms with Crippen LogP contribution in [0, 0.1) is 5.82 Å². The van der Waals surface area contributed by atoms with Crippen LogP contribution in [-0.2, 0) is 13.1 Å². The normalized spacial score (nSPS) is 14.8. The maximum Gasteiger partial charge on any atom is 0.171 e. The first-order chi connectivity index (χ1) is 12.6. The number of anilines is 1. The van der Waals surface area contributed by atoms with Gasteiger partial charge in [-0.1, -0.05) is 35.9 Å². The molecule has 1 aliphatic rings. The van der Waals surface area contributed by atoms with Crippen molar-refractivity contribution in [3.63, 3.8) is 0 Å². The number of thiocarbonyl (C=S) groups is 1. The lowest BCUT2D eigenvalue weighted by atomic mass is 10.0. The lowest BCUT2D eigenvalue weighted by Crippen LogP contribution is -3.11. The summed E-state index contributed by atoms with van der Waals surface area (Å²) in [6, 6.07) is 13.0. The van der Waals surface area contributed by atoms with Crippen LogP contribution in [0.1, 0.15) is 30.4 Å². The number of quaternary nitrogens is 1. The molecule has 3 nitrogen and oxygen atoms in total. The number of nitrogens with one attached hydrogen (secondary N) is 3. The van der Waals surface area contributed by atoms with E-state index in [0.717, 1.165) is 6.54 Å². The Balaban J connectivity index is 1.56. The highest BCUT2D eigenvalue weighted by atomic mass is 35.5. The first-order valence-electron chi connectivity index (χ1n) is 9.02. The molecule has 3 N–H and O–H groups in total. The van der Waals surface area contributed by atoms with E-state index in [-0.39, 0.29) is 5.02 Å². The zero-order valence-corrected chi connectivity index (χ0v) is 16.2. The Kier molecular flexibility index (Phi) is 6.83. The fourth-order valence-electron chi connectivity index (χ4n) is 3.32. The molecule has 2 aromatic carbocycles. The summed E-state index contributed by atoms with van der Waals surface area (Å²) in [4.78, 5) is 1.66. The van der Waals surface area contributed by atoms with Gasteiger partial charge in [0.05, 0.1) is 18.1 Å². The summed E-state index contributed by atoms with van der Waals surface area (Å²) in [6.45, 7) is 4.23. The largest absolute Gasteiger partial charge is 0.358 e. The molecule has 1 saturated heterocycles. The molecule has 26 heavy (non-hydrogen) atoms. The summed E-state index contributed by atoms with van der Waals surface area (Å²) in [5.41, 5.74) is 3.29. The molecule has 3 rings (SSSR count). The SMILES string of the molecule is Fc1ccc(NC(=S)NCc2ccccc2C[NH+]2CCCCC2)cc1Cl. The van der Waals surface area contributed by atoms with Crippen molar-refractivity contribution < 1.29 is 9.29 Å². The Labute approximate surface area is 164 Å². The maximum atomic E-state index is 13.2. The second-order valence-electron chi connectivity index (χ2n) is 6.69. The summed E-state index contributed by atoms with van der Waals surface area (Å²) in [7, 11) is 0.